The number of hydrogen-bond donors (Lipinski definition) is 2. The van der Waals surface area contributed by atoms with Crippen molar-refractivity contribution in [1.29, 1.82) is 0 Å². The van der Waals surface area contributed by atoms with Gasteiger partial charge in [-0.1, -0.05) is 33.6 Å². The normalized spacial score (nSPS) is 10.7. The lowest BCUT2D eigenvalue weighted by Gasteiger charge is -2.02. The van der Waals surface area contributed by atoms with Gasteiger partial charge in [0.15, 0.2) is 0 Å². The van der Waals surface area contributed by atoms with E-state index in [9.17, 15) is 9.90 Å². The highest BCUT2D eigenvalue weighted by Gasteiger charge is 2.07. The summed E-state index contributed by atoms with van der Waals surface area (Å²) < 4.78 is 0.692. The average Bonchev–Trinajstić information content (AvgIpc) is 2.44. The zero-order valence-corrected chi connectivity index (χ0v) is 12.4. The summed E-state index contributed by atoms with van der Waals surface area (Å²) in [4.78, 5) is 15.6. The highest BCUT2D eigenvalue weighted by atomic mass is 79.9. The first kappa shape index (κ1) is 14.5. The Bertz CT molecular complexity index is 662. The van der Waals surface area contributed by atoms with Crippen LogP contribution in [0, 0.1) is 0 Å². The van der Waals surface area contributed by atoms with Crippen molar-refractivity contribution in [3.8, 4) is 5.75 Å². The summed E-state index contributed by atoms with van der Waals surface area (Å²) in [5.41, 5.74) is 2.94. The minimum absolute atomic E-state index is 0.106. The maximum Gasteiger partial charge on any atom is 0.289 e. The van der Waals surface area contributed by atoms with E-state index in [-0.39, 0.29) is 16.5 Å². The minimum atomic E-state index is -0.442. The molecule has 0 spiro atoms. The Morgan fingerprint density at radius 2 is 2.25 bits per heavy atom. The van der Waals surface area contributed by atoms with Crippen LogP contribution in [0.3, 0.4) is 0 Å². The standard InChI is InChI=1S/C13H9BrClN3O2/c14-9-5-8(12(19)10(15)6-9)7-17-18-13(20)11-3-1-2-4-16-11/h1-7,19H,(H,18,20)/b17-7-. The molecule has 0 radical (unpaired) electrons. The number of pyridine rings is 1. The van der Waals surface area contributed by atoms with Gasteiger partial charge in [-0.25, -0.2) is 5.43 Å². The molecule has 2 rings (SSSR count). The molecule has 2 aromatic rings. The second-order valence-corrected chi connectivity index (χ2v) is 5.06. The van der Waals surface area contributed by atoms with Gasteiger partial charge in [0, 0.05) is 16.2 Å². The number of rotatable bonds is 3. The largest absolute Gasteiger partial charge is 0.506 e. The summed E-state index contributed by atoms with van der Waals surface area (Å²) in [5.74, 6) is -0.548. The Hall–Kier alpha value is -1.92. The minimum Gasteiger partial charge on any atom is -0.506 e. The Labute approximate surface area is 128 Å². The summed E-state index contributed by atoms with van der Waals surface area (Å²) in [7, 11) is 0. The molecule has 0 saturated heterocycles. The molecule has 0 aliphatic rings. The maximum atomic E-state index is 11.7. The number of aromatic nitrogens is 1. The summed E-state index contributed by atoms with van der Waals surface area (Å²) in [6.07, 6.45) is 2.81. The van der Waals surface area contributed by atoms with Crippen LogP contribution in [0.5, 0.6) is 5.75 Å². The van der Waals surface area contributed by atoms with Gasteiger partial charge in [-0.15, -0.1) is 0 Å². The van der Waals surface area contributed by atoms with E-state index >= 15 is 0 Å². The number of halogens is 2. The molecule has 2 N–H and O–H groups in total. The van der Waals surface area contributed by atoms with Crippen LogP contribution in [-0.2, 0) is 0 Å². The lowest BCUT2D eigenvalue weighted by atomic mass is 10.2. The van der Waals surface area contributed by atoms with Gasteiger partial charge < -0.3 is 5.11 Å². The number of amides is 1. The topological polar surface area (TPSA) is 74.6 Å². The van der Waals surface area contributed by atoms with Crippen molar-refractivity contribution in [2.45, 2.75) is 0 Å². The van der Waals surface area contributed by atoms with E-state index in [0.29, 0.717) is 10.0 Å². The fourth-order valence-electron chi connectivity index (χ4n) is 1.40. The molecular weight excluding hydrogens is 346 g/mol. The first-order valence-electron chi connectivity index (χ1n) is 5.50. The van der Waals surface area contributed by atoms with Gasteiger partial charge in [-0.3, -0.25) is 9.78 Å². The van der Waals surface area contributed by atoms with Crippen LogP contribution in [-0.4, -0.2) is 22.2 Å². The van der Waals surface area contributed by atoms with E-state index in [1.165, 1.54) is 12.4 Å². The number of carbonyl (C=O) groups excluding carboxylic acids is 1. The molecule has 1 aromatic carbocycles. The van der Waals surface area contributed by atoms with Gasteiger partial charge >= 0.3 is 0 Å². The summed E-state index contributed by atoms with van der Waals surface area (Å²) in [5, 5.41) is 13.7. The lowest BCUT2D eigenvalue weighted by molar-refractivity contribution is 0.0950. The highest BCUT2D eigenvalue weighted by Crippen LogP contribution is 2.30. The van der Waals surface area contributed by atoms with Crippen molar-refractivity contribution in [3.63, 3.8) is 0 Å². The molecule has 1 aromatic heterocycles. The first-order valence-corrected chi connectivity index (χ1v) is 6.67. The fourth-order valence-corrected chi connectivity index (χ4v) is 2.23. The third-order valence-electron chi connectivity index (χ3n) is 2.32. The molecule has 0 atom stereocenters. The van der Waals surface area contributed by atoms with Crippen LogP contribution < -0.4 is 5.43 Å². The summed E-state index contributed by atoms with van der Waals surface area (Å²) in [6.45, 7) is 0. The quantitative estimate of drug-likeness (QED) is 0.657. The second kappa shape index (κ2) is 6.49. The van der Waals surface area contributed by atoms with Crippen LogP contribution in [0.25, 0.3) is 0 Å². The van der Waals surface area contributed by atoms with Crippen molar-refractivity contribution < 1.29 is 9.90 Å². The molecule has 1 heterocycles. The number of phenols is 1. The Morgan fingerprint density at radius 1 is 1.45 bits per heavy atom. The molecule has 5 nitrogen and oxygen atoms in total. The zero-order chi connectivity index (χ0) is 14.5. The molecule has 0 unspecified atom stereocenters. The monoisotopic (exact) mass is 353 g/mol. The highest BCUT2D eigenvalue weighted by molar-refractivity contribution is 9.10. The number of carbonyl (C=O) groups is 1. The van der Waals surface area contributed by atoms with E-state index < -0.39 is 5.91 Å². The SMILES string of the molecule is O=C(N/N=C\c1cc(Br)cc(Cl)c1O)c1ccccn1. The van der Waals surface area contributed by atoms with Gasteiger partial charge in [0.05, 0.1) is 11.2 Å². The molecule has 102 valence electrons. The van der Waals surface area contributed by atoms with E-state index in [1.54, 1.807) is 30.3 Å². The third-order valence-corrected chi connectivity index (χ3v) is 3.07. The van der Waals surface area contributed by atoms with Gasteiger partial charge in [0.25, 0.3) is 5.91 Å². The predicted octanol–water partition coefficient (Wildman–Crippen LogP) is 2.97. The Balaban J connectivity index is 2.10. The van der Waals surface area contributed by atoms with E-state index in [4.69, 9.17) is 11.6 Å². The molecular formula is C13H9BrClN3O2. The molecule has 1 amide bonds. The van der Waals surface area contributed by atoms with E-state index in [1.807, 2.05) is 0 Å². The van der Waals surface area contributed by atoms with Crippen molar-refractivity contribution in [1.82, 2.24) is 10.4 Å². The number of aromatic hydroxyl groups is 1. The molecule has 0 bridgehead atoms. The Kier molecular flexibility index (Phi) is 4.70. The van der Waals surface area contributed by atoms with Gasteiger partial charge in [-0.05, 0) is 24.3 Å². The third kappa shape index (κ3) is 3.55. The average molecular weight is 355 g/mol. The van der Waals surface area contributed by atoms with Crippen LogP contribution in [0.1, 0.15) is 16.1 Å². The van der Waals surface area contributed by atoms with Crippen molar-refractivity contribution in [2.75, 3.05) is 0 Å². The van der Waals surface area contributed by atoms with Gasteiger partial charge in [0.1, 0.15) is 11.4 Å². The zero-order valence-electron chi connectivity index (χ0n) is 10.0. The molecule has 0 aliphatic heterocycles. The summed E-state index contributed by atoms with van der Waals surface area (Å²) in [6, 6.07) is 8.16. The molecule has 7 heteroatoms. The lowest BCUT2D eigenvalue weighted by Crippen LogP contribution is -2.18. The number of benzene rings is 1. The van der Waals surface area contributed by atoms with Crippen molar-refractivity contribution in [3.05, 3.63) is 57.3 Å². The number of hydrogen-bond acceptors (Lipinski definition) is 4. The molecule has 0 aliphatic carbocycles. The smallest absolute Gasteiger partial charge is 0.289 e. The molecule has 0 saturated carbocycles. The fraction of sp³-hybridized carbons (Fsp3) is 0. The molecule has 20 heavy (non-hydrogen) atoms. The number of nitrogens with one attached hydrogen (secondary N) is 1. The van der Waals surface area contributed by atoms with Crippen LogP contribution in [0.4, 0.5) is 0 Å². The van der Waals surface area contributed by atoms with Crippen LogP contribution in [0.2, 0.25) is 5.02 Å². The number of phenolic OH excluding ortho intramolecular Hbond substituents is 1. The first-order chi connectivity index (χ1) is 9.58. The van der Waals surface area contributed by atoms with Gasteiger partial charge in [-0.2, -0.15) is 5.10 Å². The van der Waals surface area contributed by atoms with Crippen LogP contribution in [0.15, 0.2) is 46.1 Å². The second-order valence-electron chi connectivity index (χ2n) is 3.74. The number of nitrogens with zero attached hydrogens (tertiary/aromatic N) is 2. The Morgan fingerprint density at radius 3 is 2.95 bits per heavy atom. The van der Waals surface area contributed by atoms with Crippen molar-refractivity contribution >= 4 is 39.7 Å². The predicted molar refractivity (Wildman–Crippen MR) is 80.1 cm³/mol. The van der Waals surface area contributed by atoms with E-state index in [2.05, 4.69) is 31.4 Å². The maximum absolute atomic E-state index is 11.7. The molecule has 0 fully saturated rings. The van der Waals surface area contributed by atoms with Crippen molar-refractivity contribution in [2.24, 2.45) is 5.10 Å². The van der Waals surface area contributed by atoms with Gasteiger partial charge in [0.2, 0.25) is 0 Å². The summed E-state index contributed by atoms with van der Waals surface area (Å²) >= 11 is 9.07. The number of hydrazone groups is 1. The van der Waals surface area contributed by atoms with E-state index in [0.717, 1.165) is 0 Å². The van der Waals surface area contributed by atoms with Crippen LogP contribution >= 0.6 is 27.5 Å².